The number of amides is 3. The molecule has 1 aromatic carbocycles. The molecule has 4 rings (SSSR count). The van der Waals surface area contributed by atoms with Crippen molar-refractivity contribution in [3.05, 3.63) is 53.5 Å². The summed E-state index contributed by atoms with van der Waals surface area (Å²) in [6, 6.07) is 8.57. The summed E-state index contributed by atoms with van der Waals surface area (Å²) in [6.45, 7) is 4.77. The number of carbonyl (C=O) groups excluding carboxylic acids is 3. The molecular formula is C24H29N3O4. The zero-order chi connectivity index (χ0) is 21.8. The Morgan fingerprint density at radius 2 is 1.71 bits per heavy atom. The van der Waals surface area contributed by atoms with E-state index < -0.39 is 0 Å². The largest absolute Gasteiger partial charge is 0.459 e. The first kappa shape index (κ1) is 21.2. The van der Waals surface area contributed by atoms with Crippen molar-refractivity contribution in [1.82, 2.24) is 9.80 Å². The number of anilines is 1. The lowest BCUT2D eigenvalue weighted by Crippen LogP contribution is -2.45. The first-order valence-electron chi connectivity index (χ1n) is 11.1. The lowest BCUT2D eigenvalue weighted by molar-refractivity contribution is -0.137. The molecule has 0 atom stereocenters. The maximum Gasteiger partial charge on any atom is 0.291 e. The van der Waals surface area contributed by atoms with Gasteiger partial charge in [0.2, 0.25) is 5.91 Å². The molecule has 2 fully saturated rings. The van der Waals surface area contributed by atoms with Gasteiger partial charge >= 0.3 is 0 Å². The van der Waals surface area contributed by atoms with Crippen LogP contribution >= 0.6 is 0 Å². The Morgan fingerprint density at radius 1 is 0.968 bits per heavy atom. The predicted molar refractivity (Wildman–Crippen MR) is 117 cm³/mol. The van der Waals surface area contributed by atoms with E-state index >= 15 is 0 Å². The number of hydrogen-bond acceptors (Lipinski definition) is 4. The van der Waals surface area contributed by atoms with Crippen LogP contribution in [0, 0.1) is 12.8 Å². The number of furan rings is 1. The van der Waals surface area contributed by atoms with Crippen molar-refractivity contribution in [3.63, 3.8) is 0 Å². The number of likely N-dealkylation sites (tertiary alicyclic amines) is 2. The van der Waals surface area contributed by atoms with Gasteiger partial charge in [0, 0.05) is 43.3 Å². The highest BCUT2D eigenvalue weighted by molar-refractivity contribution is 6.04. The van der Waals surface area contributed by atoms with Crippen LogP contribution in [0.3, 0.4) is 0 Å². The third kappa shape index (κ3) is 4.81. The summed E-state index contributed by atoms with van der Waals surface area (Å²) in [4.78, 5) is 41.9. The Bertz CT molecular complexity index is 940. The number of aryl methyl sites for hydroxylation is 1. The number of rotatable bonds is 4. The Hall–Kier alpha value is -3.09. The van der Waals surface area contributed by atoms with Crippen LogP contribution in [0.2, 0.25) is 0 Å². The van der Waals surface area contributed by atoms with E-state index in [-0.39, 0.29) is 29.4 Å². The minimum Gasteiger partial charge on any atom is -0.459 e. The molecule has 1 aromatic heterocycles. The number of piperidine rings is 2. The van der Waals surface area contributed by atoms with E-state index in [1.54, 1.807) is 24.3 Å². The molecule has 3 amide bonds. The van der Waals surface area contributed by atoms with Crippen LogP contribution in [0.25, 0.3) is 0 Å². The van der Waals surface area contributed by atoms with E-state index in [0.29, 0.717) is 37.2 Å². The summed E-state index contributed by atoms with van der Waals surface area (Å²) in [5.74, 6) is 0.0667. The first-order valence-corrected chi connectivity index (χ1v) is 11.1. The maximum atomic E-state index is 13.1. The zero-order valence-corrected chi connectivity index (χ0v) is 17.9. The molecule has 164 valence electrons. The summed E-state index contributed by atoms with van der Waals surface area (Å²) in [5, 5.41) is 2.82. The quantitative estimate of drug-likeness (QED) is 0.813. The molecule has 7 nitrogen and oxygen atoms in total. The number of nitrogens with one attached hydrogen (secondary N) is 1. The molecule has 31 heavy (non-hydrogen) atoms. The van der Waals surface area contributed by atoms with E-state index in [4.69, 9.17) is 4.42 Å². The third-order valence-electron chi connectivity index (χ3n) is 6.28. The summed E-state index contributed by atoms with van der Waals surface area (Å²) < 4.78 is 5.14. The molecule has 0 aliphatic carbocycles. The molecule has 1 N–H and O–H groups in total. The first-order chi connectivity index (χ1) is 15.0. The zero-order valence-electron chi connectivity index (χ0n) is 17.9. The fourth-order valence-corrected chi connectivity index (χ4v) is 4.37. The Morgan fingerprint density at radius 3 is 2.39 bits per heavy atom. The van der Waals surface area contributed by atoms with Crippen molar-refractivity contribution < 1.29 is 18.8 Å². The van der Waals surface area contributed by atoms with Crippen LogP contribution in [0.1, 0.15) is 58.6 Å². The maximum absolute atomic E-state index is 13.1. The minimum absolute atomic E-state index is 0.0170. The normalized spacial score (nSPS) is 17.5. The molecule has 0 radical (unpaired) electrons. The highest BCUT2D eigenvalue weighted by Crippen LogP contribution is 2.25. The number of nitrogens with zero attached hydrogens (tertiary/aromatic N) is 2. The van der Waals surface area contributed by atoms with E-state index in [1.165, 1.54) is 12.7 Å². The van der Waals surface area contributed by atoms with Crippen molar-refractivity contribution in [2.45, 2.75) is 39.0 Å². The van der Waals surface area contributed by atoms with Gasteiger partial charge in [-0.15, -0.1) is 0 Å². The Labute approximate surface area is 182 Å². The molecule has 0 spiro atoms. The van der Waals surface area contributed by atoms with Crippen molar-refractivity contribution in [3.8, 4) is 0 Å². The molecule has 0 saturated carbocycles. The summed E-state index contributed by atoms with van der Waals surface area (Å²) >= 11 is 0. The molecule has 2 aliphatic rings. The molecule has 2 saturated heterocycles. The van der Waals surface area contributed by atoms with Crippen LogP contribution in [0.5, 0.6) is 0 Å². The van der Waals surface area contributed by atoms with Gasteiger partial charge in [-0.3, -0.25) is 14.4 Å². The Balaban J connectivity index is 1.37. The second kappa shape index (κ2) is 9.37. The third-order valence-corrected chi connectivity index (χ3v) is 6.28. The van der Waals surface area contributed by atoms with Crippen molar-refractivity contribution >= 4 is 23.4 Å². The van der Waals surface area contributed by atoms with E-state index in [2.05, 4.69) is 5.32 Å². The molecule has 7 heteroatoms. The van der Waals surface area contributed by atoms with Gasteiger partial charge in [-0.1, -0.05) is 6.07 Å². The fraction of sp³-hybridized carbons (Fsp3) is 0.458. The van der Waals surface area contributed by atoms with Gasteiger partial charge in [0.1, 0.15) is 0 Å². The lowest BCUT2D eigenvalue weighted by Gasteiger charge is -2.35. The predicted octanol–water partition coefficient (Wildman–Crippen LogP) is 3.71. The van der Waals surface area contributed by atoms with Gasteiger partial charge in [0.25, 0.3) is 11.8 Å². The van der Waals surface area contributed by atoms with E-state index in [1.807, 2.05) is 22.8 Å². The van der Waals surface area contributed by atoms with Crippen LogP contribution in [0.4, 0.5) is 5.69 Å². The SMILES string of the molecule is Cc1ccc(C(=O)N2CCC(C(=O)N3CCCCC3)CC2)cc1NC(=O)c1ccco1. The monoisotopic (exact) mass is 423 g/mol. The summed E-state index contributed by atoms with van der Waals surface area (Å²) in [7, 11) is 0. The van der Waals surface area contributed by atoms with Crippen molar-refractivity contribution in [2.75, 3.05) is 31.5 Å². The molecular weight excluding hydrogens is 394 g/mol. The molecule has 3 heterocycles. The highest BCUT2D eigenvalue weighted by atomic mass is 16.3. The minimum atomic E-state index is -0.352. The Kier molecular flexibility index (Phi) is 6.39. The van der Waals surface area contributed by atoms with Crippen LogP contribution in [0.15, 0.2) is 41.0 Å². The van der Waals surface area contributed by atoms with Crippen molar-refractivity contribution in [1.29, 1.82) is 0 Å². The molecule has 2 aliphatic heterocycles. The second-order valence-corrected chi connectivity index (χ2v) is 8.41. The van der Waals surface area contributed by atoms with Gasteiger partial charge in [-0.05, 0) is 68.9 Å². The van der Waals surface area contributed by atoms with E-state index in [9.17, 15) is 14.4 Å². The highest BCUT2D eigenvalue weighted by Gasteiger charge is 2.31. The van der Waals surface area contributed by atoms with Gasteiger partial charge < -0.3 is 19.5 Å². The average molecular weight is 424 g/mol. The van der Waals surface area contributed by atoms with Crippen molar-refractivity contribution in [2.24, 2.45) is 5.92 Å². The topological polar surface area (TPSA) is 82.9 Å². The standard InChI is InChI=1S/C24H29N3O4/c1-17-7-8-19(16-20(17)25-22(28)21-6-5-15-31-21)24(30)27-13-9-18(10-14-27)23(29)26-11-3-2-4-12-26/h5-8,15-16,18H,2-4,9-14H2,1H3,(H,25,28). The molecule has 2 aromatic rings. The number of hydrogen-bond donors (Lipinski definition) is 1. The number of benzene rings is 1. The smallest absolute Gasteiger partial charge is 0.291 e. The second-order valence-electron chi connectivity index (χ2n) is 8.41. The summed E-state index contributed by atoms with van der Waals surface area (Å²) in [6.07, 6.45) is 6.24. The lowest BCUT2D eigenvalue weighted by atomic mass is 9.94. The van der Waals surface area contributed by atoms with Gasteiger partial charge in [-0.2, -0.15) is 0 Å². The van der Waals surface area contributed by atoms with Gasteiger partial charge in [0.15, 0.2) is 5.76 Å². The average Bonchev–Trinajstić information content (AvgIpc) is 3.35. The molecule has 0 unspecified atom stereocenters. The van der Waals surface area contributed by atoms with Crippen LogP contribution in [-0.4, -0.2) is 53.7 Å². The van der Waals surface area contributed by atoms with Crippen LogP contribution in [-0.2, 0) is 4.79 Å². The summed E-state index contributed by atoms with van der Waals surface area (Å²) in [5.41, 5.74) is 1.98. The van der Waals surface area contributed by atoms with E-state index in [0.717, 1.165) is 31.5 Å². The fourth-order valence-electron chi connectivity index (χ4n) is 4.37. The van der Waals surface area contributed by atoms with Gasteiger partial charge in [-0.25, -0.2) is 0 Å². The number of carbonyl (C=O) groups is 3. The van der Waals surface area contributed by atoms with Crippen LogP contribution < -0.4 is 5.32 Å². The van der Waals surface area contributed by atoms with Gasteiger partial charge in [0.05, 0.1) is 6.26 Å². The molecule has 0 bridgehead atoms.